The fourth-order valence-corrected chi connectivity index (χ4v) is 3.93. The van der Waals surface area contributed by atoms with E-state index >= 15 is 0 Å². The van der Waals surface area contributed by atoms with Crippen molar-refractivity contribution in [2.24, 2.45) is 0 Å². The summed E-state index contributed by atoms with van der Waals surface area (Å²) in [5.74, 6) is -2.95. The Hall–Kier alpha value is -2.60. The van der Waals surface area contributed by atoms with Crippen LogP contribution >= 0.6 is 12.2 Å². The van der Waals surface area contributed by atoms with Gasteiger partial charge in [-0.1, -0.05) is 24.4 Å². The molecule has 0 aliphatic carbocycles. The molecule has 1 aromatic carbocycles. The number of nitrogens with zero attached hydrogens (tertiary/aromatic N) is 3. The maximum atomic E-state index is 11.5. The lowest BCUT2D eigenvalue weighted by atomic mass is 10.0. The van der Waals surface area contributed by atoms with Gasteiger partial charge in [-0.2, -0.15) is 0 Å². The highest BCUT2D eigenvalue weighted by Crippen LogP contribution is 2.16. The number of carboxylic acids is 3. The molecule has 1 saturated heterocycles. The molecule has 2 rings (SSSR count). The predicted octanol–water partition coefficient (Wildman–Crippen LogP) is 0.530. The Balaban J connectivity index is 2.26. The first-order valence-electron chi connectivity index (χ1n) is 10.3. The third-order valence-electron chi connectivity index (χ3n) is 5.22. The molecule has 32 heavy (non-hydrogen) atoms. The van der Waals surface area contributed by atoms with Gasteiger partial charge in [0.2, 0.25) is 0 Å². The Kier molecular flexibility index (Phi) is 9.97. The number of thiocarbonyl (C=S) groups is 1. The van der Waals surface area contributed by atoms with Gasteiger partial charge in [-0.15, -0.1) is 0 Å². The molecule has 1 atom stereocenters. The highest BCUT2D eigenvalue weighted by molar-refractivity contribution is 7.80. The molecule has 176 valence electrons. The Morgan fingerprint density at radius 3 is 2.00 bits per heavy atom. The number of nitrogens with one attached hydrogen (secondary N) is 1. The summed E-state index contributed by atoms with van der Waals surface area (Å²) >= 11 is 5.05. The van der Waals surface area contributed by atoms with Crippen LogP contribution in [0.3, 0.4) is 0 Å². The Morgan fingerprint density at radius 1 is 0.906 bits per heavy atom. The number of aliphatic carboxylic acids is 3. The van der Waals surface area contributed by atoms with Crippen molar-refractivity contribution >= 4 is 40.8 Å². The maximum absolute atomic E-state index is 11.5. The van der Waals surface area contributed by atoms with Gasteiger partial charge >= 0.3 is 17.9 Å². The van der Waals surface area contributed by atoms with Gasteiger partial charge in [-0.3, -0.25) is 29.1 Å². The van der Waals surface area contributed by atoms with Crippen molar-refractivity contribution in [1.82, 2.24) is 14.7 Å². The van der Waals surface area contributed by atoms with Gasteiger partial charge in [-0.05, 0) is 31.0 Å². The van der Waals surface area contributed by atoms with E-state index < -0.39 is 17.9 Å². The second-order valence-corrected chi connectivity index (χ2v) is 8.51. The third-order valence-corrected chi connectivity index (χ3v) is 5.33. The molecule has 11 heteroatoms. The highest BCUT2D eigenvalue weighted by Gasteiger charge is 2.27. The molecule has 10 nitrogen and oxygen atoms in total. The minimum Gasteiger partial charge on any atom is -0.480 e. The molecule has 0 spiro atoms. The number of rotatable bonds is 9. The summed E-state index contributed by atoms with van der Waals surface area (Å²) in [6, 6.07) is 7.41. The van der Waals surface area contributed by atoms with Crippen molar-refractivity contribution in [2.75, 3.05) is 57.7 Å². The standard InChI is InChI=1S/C21H30N4O6S/c1-15(32)22-17-4-2-16(3-5-17)10-18-11-24(13-20(28)29)7-6-23(12-19(26)27)8-9-25(18)14-21(30)31/h2-5,18H,6-14H2,1H3,(H,22,32)(H,26,27)(H,28,29)(H,30,31)/t18-/m1/s1. The van der Waals surface area contributed by atoms with E-state index in [1.165, 1.54) is 0 Å². The molecule has 1 heterocycles. The van der Waals surface area contributed by atoms with Crippen molar-refractivity contribution in [1.29, 1.82) is 0 Å². The van der Waals surface area contributed by atoms with E-state index in [9.17, 15) is 29.7 Å². The normalized spacial score (nSPS) is 18.8. The third kappa shape index (κ3) is 9.27. The van der Waals surface area contributed by atoms with E-state index in [-0.39, 0.29) is 25.7 Å². The molecular formula is C21H30N4O6S. The van der Waals surface area contributed by atoms with Crippen molar-refractivity contribution in [2.45, 2.75) is 19.4 Å². The van der Waals surface area contributed by atoms with Crippen molar-refractivity contribution in [3.05, 3.63) is 29.8 Å². The van der Waals surface area contributed by atoms with Gasteiger partial charge < -0.3 is 20.6 Å². The second kappa shape index (κ2) is 12.4. The van der Waals surface area contributed by atoms with Gasteiger partial charge in [0.15, 0.2) is 0 Å². The molecule has 0 unspecified atom stereocenters. The smallest absolute Gasteiger partial charge is 0.317 e. The minimum atomic E-state index is -0.986. The van der Waals surface area contributed by atoms with Gasteiger partial charge in [0.1, 0.15) is 0 Å². The van der Waals surface area contributed by atoms with Crippen LogP contribution in [0, 0.1) is 0 Å². The number of hydrogen-bond donors (Lipinski definition) is 4. The zero-order valence-corrected chi connectivity index (χ0v) is 18.9. The second-order valence-electron chi connectivity index (χ2n) is 7.90. The van der Waals surface area contributed by atoms with Crippen LogP contribution < -0.4 is 5.32 Å². The first-order valence-corrected chi connectivity index (χ1v) is 10.7. The fraction of sp³-hybridized carbons (Fsp3) is 0.524. The Bertz CT molecular complexity index is 819. The summed E-state index contributed by atoms with van der Waals surface area (Å²) in [6.07, 6.45) is 0.527. The number of hydrogen-bond acceptors (Lipinski definition) is 7. The maximum Gasteiger partial charge on any atom is 0.317 e. The molecule has 1 fully saturated rings. The van der Waals surface area contributed by atoms with Crippen molar-refractivity contribution in [3.63, 3.8) is 0 Å². The lowest BCUT2D eigenvalue weighted by Crippen LogP contribution is -2.49. The van der Waals surface area contributed by atoms with E-state index in [4.69, 9.17) is 12.2 Å². The first-order chi connectivity index (χ1) is 15.1. The average molecular weight is 467 g/mol. The topological polar surface area (TPSA) is 134 Å². The van der Waals surface area contributed by atoms with Gasteiger partial charge in [0, 0.05) is 44.5 Å². The molecule has 0 bridgehead atoms. The van der Waals surface area contributed by atoms with Crippen molar-refractivity contribution < 1.29 is 29.7 Å². The molecule has 1 aliphatic rings. The van der Waals surface area contributed by atoms with Crippen LogP contribution in [0.1, 0.15) is 12.5 Å². The minimum absolute atomic E-state index is 0.180. The molecular weight excluding hydrogens is 436 g/mol. The van der Waals surface area contributed by atoms with E-state index in [1.54, 1.807) is 21.6 Å². The van der Waals surface area contributed by atoms with Crippen LogP contribution in [-0.4, -0.2) is 111 Å². The van der Waals surface area contributed by atoms with E-state index in [2.05, 4.69) is 5.32 Å². The fourth-order valence-electron chi connectivity index (χ4n) is 3.81. The summed E-state index contributed by atoms with van der Waals surface area (Å²) in [4.78, 5) is 40.0. The van der Waals surface area contributed by atoms with Crippen LogP contribution in [0.25, 0.3) is 0 Å². The SMILES string of the molecule is CC(=S)Nc1ccc(C[C@@H]2CN(CC(=O)O)CCN(CC(=O)O)CCN2CC(=O)O)cc1. The van der Waals surface area contributed by atoms with Gasteiger partial charge in [0.05, 0.1) is 24.6 Å². The zero-order chi connectivity index (χ0) is 23.7. The molecule has 4 N–H and O–H groups in total. The molecule has 0 radical (unpaired) electrons. The van der Waals surface area contributed by atoms with E-state index in [0.717, 1.165) is 11.3 Å². The summed E-state index contributed by atoms with van der Waals surface area (Å²) in [5.41, 5.74) is 1.84. The number of carboxylic acid groups (broad SMARTS) is 3. The average Bonchev–Trinajstić information content (AvgIpc) is 2.74. The van der Waals surface area contributed by atoms with Crippen LogP contribution in [-0.2, 0) is 20.8 Å². The quantitative estimate of drug-likeness (QED) is 0.380. The molecule has 0 aromatic heterocycles. The molecule has 0 saturated carbocycles. The van der Waals surface area contributed by atoms with Crippen LogP contribution in [0.5, 0.6) is 0 Å². The highest BCUT2D eigenvalue weighted by atomic mass is 32.1. The predicted molar refractivity (Wildman–Crippen MR) is 123 cm³/mol. The van der Waals surface area contributed by atoms with E-state index in [1.807, 2.05) is 24.3 Å². The Labute approximate surface area is 192 Å². The zero-order valence-electron chi connectivity index (χ0n) is 18.1. The lowest BCUT2D eigenvalue weighted by Gasteiger charge is -2.33. The molecule has 1 aromatic rings. The van der Waals surface area contributed by atoms with Gasteiger partial charge in [-0.25, -0.2) is 0 Å². The van der Waals surface area contributed by atoms with Gasteiger partial charge in [0.25, 0.3) is 0 Å². The number of anilines is 1. The summed E-state index contributed by atoms with van der Waals surface area (Å²) in [7, 11) is 0. The summed E-state index contributed by atoms with van der Waals surface area (Å²) < 4.78 is 0. The first kappa shape index (κ1) is 25.7. The lowest BCUT2D eigenvalue weighted by molar-refractivity contribution is -0.140. The van der Waals surface area contributed by atoms with Crippen LogP contribution in [0.4, 0.5) is 5.69 Å². The van der Waals surface area contributed by atoms with Crippen LogP contribution in [0.2, 0.25) is 0 Å². The Morgan fingerprint density at radius 2 is 1.44 bits per heavy atom. The van der Waals surface area contributed by atoms with Crippen LogP contribution in [0.15, 0.2) is 24.3 Å². The molecule has 1 aliphatic heterocycles. The largest absolute Gasteiger partial charge is 0.480 e. The number of benzene rings is 1. The summed E-state index contributed by atoms with van der Waals surface area (Å²) in [6.45, 7) is 3.08. The van der Waals surface area contributed by atoms with E-state index in [0.29, 0.717) is 44.1 Å². The summed E-state index contributed by atoms with van der Waals surface area (Å²) in [5, 5.41) is 31.0. The number of carbonyl (C=O) groups is 3. The monoisotopic (exact) mass is 466 g/mol. The molecule has 0 amide bonds. The van der Waals surface area contributed by atoms with Crippen molar-refractivity contribution in [3.8, 4) is 0 Å².